The van der Waals surface area contributed by atoms with Gasteiger partial charge in [-0.3, -0.25) is 9.69 Å². The quantitative estimate of drug-likeness (QED) is 0.868. The van der Waals surface area contributed by atoms with Crippen LogP contribution in [0, 0.1) is 18.8 Å². The molecule has 146 valence electrons. The van der Waals surface area contributed by atoms with Gasteiger partial charge in [-0.2, -0.15) is 0 Å². The van der Waals surface area contributed by atoms with Crippen molar-refractivity contribution in [1.29, 1.82) is 0 Å². The molecule has 3 aliphatic heterocycles. The molecule has 2 bridgehead atoms. The topological polar surface area (TPSA) is 41.6 Å². The van der Waals surface area contributed by atoms with Crippen LogP contribution in [0.1, 0.15) is 49.7 Å². The molecule has 1 N–H and O–H groups in total. The Bertz CT molecular complexity index is 697. The lowest BCUT2D eigenvalue weighted by atomic mass is 9.73. The van der Waals surface area contributed by atoms with E-state index in [1.54, 1.807) is 0 Å². The first kappa shape index (κ1) is 17.7. The second-order valence-corrected chi connectivity index (χ2v) is 9.36. The van der Waals surface area contributed by atoms with Crippen LogP contribution >= 0.6 is 0 Å². The van der Waals surface area contributed by atoms with E-state index in [-0.39, 0.29) is 11.5 Å². The molecule has 3 heterocycles. The minimum absolute atomic E-state index is 0.0968. The highest BCUT2D eigenvalue weighted by Crippen LogP contribution is 2.55. The first-order valence-corrected chi connectivity index (χ1v) is 10.9. The van der Waals surface area contributed by atoms with Gasteiger partial charge < -0.3 is 10.1 Å². The highest BCUT2D eigenvalue weighted by atomic mass is 16.5. The molecule has 4 atom stereocenters. The molecule has 0 aromatic heterocycles. The molecule has 27 heavy (non-hydrogen) atoms. The largest absolute Gasteiger partial charge is 0.370 e. The van der Waals surface area contributed by atoms with E-state index in [9.17, 15) is 4.79 Å². The molecule has 4 aliphatic rings. The van der Waals surface area contributed by atoms with Crippen molar-refractivity contribution in [2.24, 2.45) is 11.8 Å². The number of amides is 1. The van der Waals surface area contributed by atoms with Gasteiger partial charge in [0.25, 0.3) is 0 Å². The Balaban J connectivity index is 1.19. The molecule has 4 nitrogen and oxygen atoms in total. The van der Waals surface area contributed by atoms with Gasteiger partial charge in [0.1, 0.15) is 0 Å². The molecule has 1 saturated carbocycles. The van der Waals surface area contributed by atoms with Gasteiger partial charge in [-0.1, -0.05) is 42.7 Å². The first-order valence-electron chi connectivity index (χ1n) is 10.9. The van der Waals surface area contributed by atoms with Crippen LogP contribution in [0.2, 0.25) is 0 Å². The summed E-state index contributed by atoms with van der Waals surface area (Å²) in [5, 5.41) is 3.23. The molecule has 1 amide bonds. The number of benzene rings is 1. The molecule has 4 fully saturated rings. The molecule has 4 heteroatoms. The van der Waals surface area contributed by atoms with E-state index in [0.29, 0.717) is 24.4 Å². The number of hydrogen-bond acceptors (Lipinski definition) is 3. The summed E-state index contributed by atoms with van der Waals surface area (Å²) >= 11 is 0. The zero-order valence-electron chi connectivity index (χ0n) is 16.5. The van der Waals surface area contributed by atoms with Crippen molar-refractivity contribution in [2.75, 3.05) is 19.6 Å². The average molecular weight is 369 g/mol. The van der Waals surface area contributed by atoms with Crippen molar-refractivity contribution in [3.05, 3.63) is 35.4 Å². The Morgan fingerprint density at radius 3 is 2.78 bits per heavy atom. The van der Waals surface area contributed by atoms with Crippen molar-refractivity contribution >= 4 is 5.91 Å². The lowest BCUT2D eigenvalue weighted by Crippen LogP contribution is -2.42. The SMILES string of the molecule is Cc1ccc(CC(=O)NC[C@H]2[C@H]3CN(C4CCCC4)C[C@]34CC[C@H]2O4)cc1. The standard InChI is InChI=1S/C23H32N2O2/c1-16-6-8-17(9-7-16)12-22(26)24-13-19-20-14-25(18-4-2-3-5-18)15-23(20)11-10-21(19)27-23/h6-9,18-21H,2-5,10-15H2,1H3,(H,24,26)/t19-,20+,21+,23+/m0/s1. The highest BCUT2D eigenvalue weighted by Gasteiger charge is 2.63. The summed E-state index contributed by atoms with van der Waals surface area (Å²) in [6, 6.07) is 9.05. The van der Waals surface area contributed by atoms with E-state index < -0.39 is 0 Å². The molecule has 5 rings (SSSR count). The second kappa shape index (κ2) is 6.89. The summed E-state index contributed by atoms with van der Waals surface area (Å²) in [5.74, 6) is 1.24. The lowest BCUT2D eigenvalue weighted by molar-refractivity contribution is -0.120. The number of likely N-dealkylation sites (tertiary alicyclic amines) is 1. The zero-order valence-corrected chi connectivity index (χ0v) is 16.5. The summed E-state index contributed by atoms with van der Waals surface area (Å²) in [6.07, 6.45) is 8.74. The monoisotopic (exact) mass is 368 g/mol. The number of ether oxygens (including phenoxy) is 1. The van der Waals surface area contributed by atoms with Gasteiger partial charge in [0.05, 0.1) is 18.1 Å². The minimum atomic E-state index is 0.0968. The number of nitrogens with one attached hydrogen (secondary N) is 1. The van der Waals surface area contributed by atoms with E-state index in [4.69, 9.17) is 4.74 Å². The molecule has 1 spiro atoms. The number of aryl methyl sites for hydroxylation is 1. The maximum Gasteiger partial charge on any atom is 0.224 e. The number of fused-ring (bicyclic) bond motifs is 1. The van der Waals surface area contributed by atoms with Crippen LogP contribution in [0.4, 0.5) is 0 Å². The number of hydrogen-bond donors (Lipinski definition) is 1. The fourth-order valence-electron chi connectivity index (χ4n) is 6.23. The highest BCUT2D eigenvalue weighted by molar-refractivity contribution is 5.78. The van der Waals surface area contributed by atoms with Gasteiger partial charge in [-0.05, 0) is 38.2 Å². The summed E-state index contributed by atoms with van der Waals surface area (Å²) in [5.41, 5.74) is 2.42. The van der Waals surface area contributed by atoms with Crippen LogP contribution in [0.25, 0.3) is 0 Å². The van der Waals surface area contributed by atoms with Crippen LogP contribution in [0.15, 0.2) is 24.3 Å². The third-order valence-corrected chi connectivity index (χ3v) is 7.67. The van der Waals surface area contributed by atoms with E-state index in [1.807, 2.05) is 0 Å². The van der Waals surface area contributed by atoms with Crippen molar-refractivity contribution in [1.82, 2.24) is 10.2 Å². The normalized spacial score (nSPS) is 35.7. The third kappa shape index (κ3) is 3.21. The first-order chi connectivity index (χ1) is 13.1. The van der Waals surface area contributed by atoms with E-state index >= 15 is 0 Å². The van der Waals surface area contributed by atoms with Crippen LogP contribution in [-0.2, 0) is 16.0 Å². The fraction of sp³-hybridized carbons (Fsp3) is 0.696. The number of carbonyl (C=O) groups excluding carboxylic acids is 1. The summed E-state index contributed by atoms with van der Waals surface area (Å²) in [6.45, 7) is 5.16. The van der Waals surface area contributed by atoms with Crippen LogP contribution in [0.5, 0.6) is 0 Å². The zero-order chi connectivity index (χ0) is 18.4. The Labute approximate surface area is 162 Å². The van der Waals surface area contributed by atoms with Crippen molar-refractivity contribution in [2.45, 2.75) is 69.6 Å². The Morgan fingerprint density at radius 2 is 2.00 bits per heavy atom. The Morgan fingerprint density at radius 1 is 1.22 bits per heavy atom. The summed E-state index contributed by atoms with van der Waals surface area (Å²) in [4.78, 5) is 15.2. The fourth-order valence-corrected chi connectivity index (χ4v) is 6.23. The minimum Gasteiger partial charge on any atom is -0.370 e. The third-order valence-electron chi connectivity index (χ3n) is 7.67. The van der Waals surface area contributed by atoms with E-state index in [1.165, 1.54) is 50.6 Å². The molecule has 1 aromatic carbocycles. The smallest absolute Gasteiger partial charge is 0.224 e. The van der Waals surface area contributed by atoms with Crippen molar-refractivity contribution < 1.29 is 9.53 Å². The number of rotatable bonds is 5. The number of nitrogens with zero attached hydrogens (tertiary/aromatic N) is 1. The Hall–Kier alpha value is -1.39. The average Bonchev–Trinajstić information content (AvgIpc) is 3.42. The van der Waals surface area contributed by atoms with Crippen molar-refractivity contribution in [3.63, 3.8) is 0 Å². The number of carbonyl (C=O) groups is 1. The summed E-state index contributed by atoms with van der Waals surface area (Å²) in [7, 11) is 0. The van der Waals surface area contributed by atoms with Crippen LogP contribution in [-0.4, -0.2) is 48.2 Å². The molecule has 0 radical (unpaired) electrons. The van der Waals surface area contributed by atoms with Crippen molar-refractivity contribution in [3.8, 4) is 0 Å². The predicted molar refractivity (Wildman–Crippen MR) is 106 cm³/mol. The van der Waals surface area contributed by atoms with Gasteiger partial charge in [0, 0.05) is 37.5 Å². The molecular weight excluding hydrogens is 336 g/mol. The van der Waals surface area contributed by atoms with Crippen LogP contribution < -0.4 is 5.32 Å². The maximum absolute atomic E-state index is 12.5. The Kier molecular flexibility index (Phi) is 4.52. The molecule has 1 aliphatic carbocycles. The van der Waals surface area contributed by atoms with Crippen LogP contribution in [0.3, 0.4) is 0 Å². The van der Waals surface area contributed by atoms with Gasteiger partial charge in [-0.25, -0.2) is 0 Å². The lowest BCUT2D eigenvalue weighted by Gasteiger charge is -2.29. The predicted octanol–water partition coefficient (Wildman–Crippen LogP) is 3.08. The van der Waals surface area contributed by atoms with Gasteiger partial charge in [-0.15, -0.1) is 0 Å². The molecule has 0 unspecified atom stereocenters. The van der Waals surface area contributed by atoms with E-state index in [0.717, 1.165) is 24.7 Å². The summed E-state index contributed by atoms with van der Waals surface area (Å²) < 4.78 is 6.56. The molecular formula is C23H32N2O2. The van der Waals surface area contributed by atoms with Gasteiger partial charge in [0.2, 0.25) is 5.91 Å². The van der Waals surface area contributed by atoms with Gasteiger partial charge >= 0.3 is 0 Å². The second-order valence-electron chi connectivity index (χ2n) is 9.36. The van der Waals surface area contributed by atoms with E-state index in [2.05, 4.69) is 41.4 Å². The van der Waals surface area contributed by atoms with Gasteiger partial charge in [0.15, 0.2) is 0 Å². The molecule has 3 saturated heterocycles. The molecule has 1 aromatic rings. The maximum atomic E-state index is 12.5.